The van der Waals surface area contributed by atoms with Crippen LogP contribution < -0.4 is 5.32 Å². The number of nitrogens with one attached hydrogen (secondary N) is 1. The van der Waals surface area contributed by atoms with Crippen molar-refractivity contribution >= 4 is 11.6 Å². The second-order valence-corrected chi connectivity index (χ2v) is 4.43. The molecule has 0 saturated heterocycles. The largest absolute Gasteiger partial charge is 0.382 e. The number of rotatable bonds is 7. The van der Waals surface area contributed by atoms with E-state index in [4.69, 9.17) is 21.1 Å². The van der Waals surface area contributed by atoms with Crippen LogP contribution in [0, 0.1) is 0 Å². The van der Waals surface area contributed by atoms with Crippen molar-refractivity contribution in [1.29, 1.82) is 0 Å². The zero-order valence-electron chi connectivity index (χ0n) is 10.6. The molecule has 0 radical (unpaired) electrons. The molecule has 0 saturated carbocycles. The molecule has 1 rings (SSSR count). The molecule has 0 spiro atoms. The van der Waals surface area contributed by atoms with Crippen molar-refractivity contribution in [2.75, 3.05) is 27.4 Å². The van der Waals surface area contributed by atoms with Gasteiger partial charge in [-0.05, 0) is 24.6 Å². The summed E-state index contributed by atoms with van der Waals surface area (Å²) in [5.74, 6) is 0. The molecule has 2 atom stereocenters. The minimum absolute atomic E-state index is 0.0785. The van der Waals surface area contributed by atoms with Gasteiger partial charge in [0.15, 0.2) is 0 Å². The predicted octanol–water partition coefficient (Wildman–Crippen LogP) is 2.65. The molecule has 3 nitrogen and oxygen atoms in total. The highest BCUT2D eigenvalue weighted by Crippen LogP contribution is 2.15. The monoisotopic (exact) mass is 257 g/mol. The van der Waals surface area contributed by atoms with E-state index in [1.807, 2.05) is 24.3 Å². The Bertz CT molecular complexity index is 316. The summed E-state index contributed by atoms with van der Waals surface area (Å²) >= 11 is 5.85. The van der Waals surface area contributed by atoms with Gasteiger partial charge in [0.05, 0.1) is 12.7 Å². The van der Waals surface area contributed by atoms with Crippen molar-refractivity contribution in [3.63, 3.8) is 0 Å². The lowest BCUT2D eigenvalue weighted by molar-refractivity contribution is 0.0276. The van der Waals surface area contributed by atoms with Crippen molar-refractivity contribution < 1.29 is 9.47 Å². The number of hydrogen-bond donors (Lipinski definition) is 1. The first-order chi connectivity index (χ1) is 8.17. The SMILES string of the molecule is COCC(CNC(C)c1ccc(Cl)cc1)OC. The average molecular weight is 258 g/mol. The Hall–Kier alpha value is -0.610. The van der Waals surface area contributed by atoms with Crippen molar-refractivity contribution in [3.8, 4) is 0 Å². The molecule has 0 amide bonds. The first-order valence-corrected chi connectivity index (χ1v) is 6.05. The Morgan fingerprint density at radius 3 is 2.41 bits per heavy atom. The van der Waals surface area contributed by atoms with Crippen molar-refractivity contribution in [3.05, 3.63) is 34.9 Å². The van der Waals surface area contributed by atoms with Crippen LogP contribution >= 0.6 is 11.6 Å². The molecule has 0 heterocycles. The molecule has 1 aromatic carbocycles. The van der Waals surface area contributed by atoms with E-state index in [0.29, 0.717) is 6.61 Å². The van der Waals surface area contributed by atoms with E-state index < -0.39 is 0 Å². The number of halogens is 1. The van der Waals surface area contributed by atoms with Crippen LogP contribution in [0.5, 0.6) is 0 Å². The summed E-state index contributed by atoms with van der Waals surface area (Å²) in [7, 11) is 3.37. The maximum absolute atomic E-state index is 5.85. The van der Waals surface area contributed by atoms with Gasteiger partial charge in [-0.25, -0.2) is 0 Å². The summed E-state index contributed by atoms with van der Waals surface area (Å²) in [6.07, 6.45) is 0.0785. The van der Waals surface area contributed by atoms with Crippen molar-refractivity contribution in [2.24, 2.45) is 0 Å². The molecule has 0 aromatic heterocycles. The molecule has 0 bridgehead atoms. The number of hydrogen-bond acceptors (Lipinski definition) is 3. The fourth-order valence-electron chi connectivity index (χ4n) is 1.57. The number of ether oxygens (including phenoxy) is 2. The van der Waals surface area contributed by atoms with E-state index in [1.54, 1.807) is 14.2 Å². The third-order valence-corrected chi connectivity index (χ3v) is 2.96. The Morgan fingerprint density at radius 1 is 1.24 bits per heavy atom. The quantitative estimate of drug-likeness (QED) is 0.815. The first-order valence-electron chi connectivity index (χ1n) is 5.68. The number of methoxy groups -OCH3 is 2. The third kappa shape index (κ3) is 5.04. The summed E-state index contributed by atoms with van der Waals surface area (Å²) in [5, 5.41) is 4.17. The summed E-state index contributed by atoms with van der Waals surface area (Å²) < 4.78 is 10.4. The van der Waals surface area contributed by atoms with Crippen LogP contribution in [-0.4, -0.2) is 33.5 Å². The lowest BCUT2D eigenvalue weighted by atomic mass is 10.1. The molecule has 0 aliphatic carbocycles. The Morgan fingerprint density at radius 2 is 1.88 bits per heavy atom. The van der Waals surface area contributed by atoms with Crippen molar-refractivity contribution in [2.45, 2.75) is 19.1 Å². The zero-order valence-corrected chi connectivity index (χ0v) is 11.3. The molecule has 2 unspecified atom stereocenters. The van der Waals surface area contributed by atoms with Crippen LogP contribution in [-0.2, 0) is 9.47 Å². The van der Waals surface area contributed by atoms with Gasteiger partial charge >= 0.3 is 0 Å². The predicted molar refractivity (Wildman–Crippen MR) is 70.5 cm³/mol. The fourth-order valence-corrected chi connectivity index (χ4v) is 1.70. The van der Waals surface area contributed by atoms with Gasteiger partial charge in [-0.3, -0.25) is 0 Å². The number of benzene rings is 1. The van der Waals surface area contributed by atoms with Crippen LogP contribution in [0.1, 0.15) is 18.5 Å². The second kappa shape index (κ2) is 7.67. The topological polar surface area (TPSA) is 30.5 Å². The van der Waals surface area contributed by atoms with Crippen LogP contribution in [0.2, 0.25) is 5.02 Å². The molecule has 4 heteroatoms. The highest BCUT2D eigenvalue weighted by molar-refractivity contribution is 6.30. The molecule has 96 valence electrons. The maximum atomic E-state index is 5.85. The van der Waals surface area contributed by atoms with Gasteiger partial charge in [-0.15, -0.1) is 0 Å². The molecule has 0 aliphatic heterocycles. The zero-order chi connectivity index (χ0) is 12.7. The fraction of sp³-hybridized carbons (Fsp3) is 0.538. The van der Waals surface area contributed by atoms with Crippen LogP contribution in [0.4, 0.5) is 0 Å². The molecule has 1 aromatic rings. The van der Waals surface area contributed by atoms with Crippen molar-refractivity contribution in [1.82, 2.24) is 5.32 Å². The summed E-state index contributed by atoms with van der Waals surface area (Å²) in [4.78, 5) is 0. The summed E-state index contributed by atoms with van der Waals surface area (Å²) in [6, 6.07) is 8.12. The molecule has 0 aliphatic rings. The minimum atomic E-state index is 0.0785. The molecule has 1 N–H and O–H groups in total. The third-order valence-electron chi connectivity index (χ3n) is 2.71. The van der Waals surface area contributed by atoms with Crippen LogP contribution in [0.15, 0.2) is 24.3 Å². The molecular formula is C13H20ClNO2. The standard InChI is InChI=1S/C13H20ClNO2/c1-10(11-4-6-12(14)7-5-11)15-8-13(17-3)9-16-2/h4-7,10,13,15H,8-9H2,1-3H3. The van der Waals surface area contributed by atoms with E-state index in [1.165, 1.54) is 5.56 Å². The van der Waals surface area contributed by atoms with E-state index in [0.717, 1.165) is 11.6 Å². The lowest BCUT2D eigenvalue weighted by Crippen LogP contribution is -2.33. The van der Waals surface area contributed by atoms with E-state index >= 15 is 0 Å². The van der Waals surface area contributed by atoms with Crippen LogP contribution in [0.3, 0.4) is 0 Å². The smallest absolute Gasteiger partial charge is 0.0928 e. The average Bonchev–Trinajstić information content (AvgIpc) is 2.35. The van der Waals surface area contributed by atoms with Gasteiger partial charge in [0.2, 0.25) is 0 Å². The molecule has 17 heavy (non-hydrogen) atoms. The van der Waals surface area contributed by atoms with Gasteiger partial charge in [-0.2, -0.15) is 0 Å². The lowest BCUT2D eigenvalue weighted by Gasteiger charge is -2.19. The van der Waals surface area contributed by atoms with Crippen LogP contribution in [0.25, 0.3) is 0 Å². The minimum Gasteiger partial charge on any atom is -0.382 e. The summed E-state index contributed by atoms with van der Waals surface area (Å²) in [5.41, 5.74) is 1.21. The van der Waals surface area contributed by atoms with E-state index in [-0.39, 0.29) is 12.1 Å². The van der Waals surface area contributed by atoms with Gasteiger partial charge in [0.25, 0.3) is 0 Å². The second-order valence-electron chi connectivity index (χ2n) is 3.99. The van der Waals surface area contributed by atoms with Gasteiger partial charge in [0.1, 0.15) is 0 Å². The highest BCUT2D eigenvalue weighted by atomic mass is 35.5. The normalized spacial score (nSPS) is 14.6. The molecule has 0 fully saturated rings. The van der Waals surface area contributed by atoms with E-state index in [9.17, 15) is 0 Å². The summed E-state index contributed by atoms with van der Waals surface area (Å²) in [6.45, 7) is 3.47. The van der Waals surface area contributed by atoms with E-state index in [2.05, 4.69) is 12.2 Å². The first kappa shape index (κ1) is 14.5. The Labute approximate surface area is 108 Å². The Kier molecular flexibility index (Phi) is 6.52. The van der Waals surface area contributed by atoms with Gasteiger partial charge in [0, 0.05) is 31.8 Å². The van der Waals surface area contributed by atoms with Gasteiger partial charge < -0.3 is 14.8 Å². The Balaban J connectivity index is 2.43. The maximum Gasteiger partial charge on any atom is 0.0928 e. The molecular weight excluding hydrogens is 238 g/mol. The highest BCUT2D eigenvalue weighted by Gasteiger charge is 2.10. The van der Waals surface area contributed by atoms with Gasteiger partial charge in [-0.1, -0.05) is 23.7 Å².